The summed E-state index contributed by atoms with van der Waals surface area (Å²) in [6.45, 7) is 5.08. The first-order valence-electron chi connectivity index (χ1n) is 8.97. The summed E-state index contributed by atoms with van der Waals surface area (Å²) >= 11 is 3.49. The van der Waals surface area contributed by atoms with Gasteiger partial charge in [0.1, 0.15) is 12.4 Å². The molecule has 1 aliphatic carbocycles. The number of anilines is 3. The van der Waals surface area contributed by atoms with E-state index in [2.05, 4.69) is 71.6 Å². The zero-order valence-electron chi connectivity index (χ0n) is 14.9. The molecular weight excluding hydrogens is 394 g/mol. The van der Waals surface area contributed by atoms with Crippen LogP contribution in [0.25, 0.3) is 0 Å². The fraction of sp³-hybridized carbons (Fsp3) is 0.444. The van der Waals surface area contributed by atoms with Gasteiger partial charge in [-0.2, -0.15) is 15.0 Å². The average molecular weight is 417 g/mol. The minimum absolute atomic E-state index is 0.108. The SMILES string of the molecule is CC(C)c1nc(Nc2cccc(Br)c2)nc(NC2C[N+](C3CC3)=CN2)n1. The molecule has 1 unspecified atom stereocenters. The number of nitrogens with one attached hydrogen (secondary N) is 3. The lowest BCUT2D eigenvalue weighted by Gasteiger charge is -2.13. The molecule has 1 aliphatic heterocycles. The summed E-state index contributed by atoms with van der Waals surface area (Å²) in [7, 11) is 0. The van der Waals surface area contributed by atoms with Gasteiger partial charge in [-0.3, -0.25) is 9.89 Å². The Morgan fingerprint density at radius 2 is 2.00 bits per heavy atom. The van der Waals surface area contributed by atoms with Crippen LogP contribution in [0.4, 0.5) is 17.6 Å². The van der Waals surface area contributed by atoms with E-state index in [1.165, 1.54) is 12.8 Å². The van der Waals surface area contributed by atoms with Crippen molar-refractivity contribution < 1.29 is 4.58 Å². The van der Waals surface area contributed by atoms with Gasteiger partial charge in [-0.15, -0.1) is 0 Å². The molecule has 7 nitrogen and oxygen atoms in total. The second-order valence-corrected chi connectivity index (χ2v) is 7.97. The lowest BCUT2D eigenvalue weighted by molar-refractivity contribution is -0.530. The Morgan fingerprint density at radius 1 is 1.19 bits per heavy atom. The Hall–Kier alpha value is -2.22. The van der Waals surface area contributed by atoms with Crippen LogP contribution in [0.5, 0.6) is 0 Å². The Bertz CT molecular complexity index is 832. The van der Waals surface area contributed by atoms with Crippen molar-refractivity contribution in [3.05, 3.63) is 34.6 Å². The van der Waals surface area contributed by atoms with Crippen molar-refractivity contribution in [3.8, 4) is 0 Å². The van der Waals surface area contributed by atoms with Crippen molar-refractivity contribution in [2.24, 2.45) is 0 Å². The van der Waals surface area contributed by atoms with Crippen LogP contribution in [0.3, 0.4) is 0 Å². The minimum Gasteiger partial charge on any atom is -0.324 e. The lowest BCUT2D eigenvalue weighted by Crippen LogP contribution is -2.35. The molecule has 0 amide bonds. The van der Waals surface area contributed by atoms with Gasteiger partial charge in [0.2, 0.25) is 24.4 Å². The monoisotopic (exact) mass is 416 g/mol. The summed E-state index contributed by atoms with van der Waals surface area (Å²) in [5.74, 6) is 2.11. The van der Waals surface area contributed by atoms with E-state index in [-0.39, 0.29) is 12.1 Å². The van der Waals surface area contributed by atoms with Crippen LogP contribution < -0.4 is 16.0 Å². The summed E-state index contributed by atoms with van der Waals surface area (Å²) in [6, 6.07) is 8.64. The third kappa shape index (κ3) is 4.12. The first-order chi connectivity index (χ1) is 12.6. The summed E-state index contributed by atoms with van der Waals surface area (Å²) < 4.78 is 3.35. The van der Waals surface area contributed by atoms with E-state index in [4.69, 9.17) is 0 Å². The Balaban J connectivity index is 1.51. The minimum atomic E-state index is 0.108. The number of nitrogens with zero attached hydrogens (tertiary/aromatic N) is 4. The molecule has 26 heavy (non-hydrogen) atoms. The van der Waals surface area contributed by atoms with Crippen molar-refractivity contribution in [1.82, 2.24) is 20.3 Å². The van der Waals surface area contributed by atoms with E-state index in [0.29, 0.717) is 17.9 Å². The molecule has 0 saturated heterocycles. The van der Waals surface area contributed by atoms with E-state index < -0.39 is 0 Å². The number of hydrogen-bond donors (Lipinski definition) is 3. The Morgan fingerprint density at radius 3 is 2.73 bits per heavy atom. The topological polar surface area (TPSA) is 77.8 Å². The molecule has 3 N–H and O–H groups in total. The van der Waals surface area contributed by atoms with E-state index in [0.717, 1.165) is 22.5 Å². The quantitative estimate of drug-likeness (QED) is 0.628. The first-order valence-corrected chi connectivity index (χ1v) is 9.76. The van der Waals surface area contributed by atoms with Crippen LogP contribution in [0.1, 0.15) is 38.4 Å². The number of benzene rings is 1. The molecule has 8 heteroatoms. The summed E-state index contributed by atoms with van der Waals surface area (Å²) in [5.41, 5.74) is 0.929. The Labute approximate surface area is 161 Å². The lowest BCUT2D eigenvalue weighted by atomic mass is 10.2. The average Bonchev–Trinajstić information content (AvgIpc) is 3.35. The zero-order valence-corrected chi connectivity index (χ0v) is 16.5. The molecule has 2 aromatic rings. The van der Waals surface area contributed by atoms with E-state index in [1.54, 1.807) is 0 Å². The molecular formula is C18H23BrN7+. The van der Waals surface area contributed by atoms with Crippen LogP contribution in [0, 0.1) is 0 Å². The molecule has 0 radical (unpaired) electrons. The summed E-state index contributed by atoms with van der Waals surface area (Å²) in [4.78, 5) is 13.7. The van der Waals surface area contributed by atoms with Gasteiger partial charge in [-0.05, 0) is 31.0 Å². The maximum atomic E-state index is 4.59. The first kappa shape index (κ1) is 17.2. The maximum Gasteiger partial charge on any atom is 0.234 e. The van der Waals surface area contributed by atoms with Crippen LogP contribution >= 0.6 is 15.9 Å². The normalized spacial score (nSPS) is 19.2. The third-order valence-corrected chi connectivity index (χ3v) is 4.90. The van der Waals surface area contributed by atoms with Crippen LogP contribution in [0.15, 0.2) is 28.7 Å². The smallest absolute Gasteiger partial charge is 0.234 e. The number of aromatic nitrogens is 3. The van der Waals surface area contributed by atoms with Crippen LogP contribution in [-0.4, -0.2) is 44.6 Å². The highest BCUT2D eigenvalue weighted by Crippen LogP contribution is 2.24. The molecule has 136 valence electrons. The second-order valence-electron chi connectivity index (χ2n) is 7.05. The van der Waals surface area contributed by atoms with Gasteiger partial charge in [-0.1, -0.05) is 35.8 Å². The van der Waals surface area contributed by atoms with Gasteiger partial charge >= 0.3 is 0 Å². The van der Waals surface area contributed by atoms with Crippen molar-refractivity contribution in [1.29, 1.82) is 0 Å². The molecule has 1 aromatic heterocycles. The van der Waals surface area contributed by atoms with Crippen molar-refractivity contribution >= 4 is 39.9 Å². The van der Waals surface area contributed by atoms with Crippen molar-refractivity contribution in [3.63, 3.8) is 0 Å². The molecule has 1 saturated carbocycles. The van der Waals surface area contributed by atoms with Gasteiger partial charge in [0, 0.05) is 16.1 Å². The number of halogens is 1. The van der Waals surface area contributed by atoms with Crippen molar-refractivity contribution in [2.45, 2.75) is 44.8 Å². The van der Waals surface area contributed by atoms with Crippen LogP contribution in [0.2, 0.25) is 0 Å². The molecule has 1 fully saturated rings. The van der Waals surface area contributed by atoms with Gasteiger partial charge < -0.3 is 10.6 Å². The predicted octanol–water partition coefficient (Wildman–Crippen LogP) is 3.05. The maximum absolute atomic E-state index is 4.59. The molecule has 1 atom stereocenters. The standard InChI is InChI=1S/C18H22BrN7/c1-11(2)16-23-17(21-13-5-3-4-12(19)8-13)25-18(24-16)22-15-9-26(10-20-15)14-6-7-14/h3-5,8,10-11,14-15H,6-7,9H2,1-2H3,(H2,21,22,23,24,25)/p+1. The fourth-order valence-corrected chi connectivity index (χ4v) is 3.27. The highest BCUT2D eigenvalue weighted by molar-refractivity contribution is 9.10. The van der Waals surface area contributed by atoms with E-state index in [9.17, 15) is 0 Å². The van der Waals surface area contributed by atoms with Crippen molar-refractivity contribution in [2.75, 3.05) is 17.2 Å². The molecule has 2 heterocycles. The van der Waals surface area contributed by atoms with Gasteiger partial charge in [-0.25, -0.2) is 0 Å². The summed E-state index contributed by atoms with van der Waals surface area (Å²) in [6.07, 6.45) is 4.75. The van der Waals surface area contributed by atoms with E-state index in [1.807, 2.05) is 24.3 Å². The largest absolute Gasteiger partial charge is 0.324 e. The molecule has 0 spiro atoms. The fourth-order valence-electron chi connectivity index (χ4n) is 2.87. The third-order valence-electron chi connectivity index (χ3n) is 4.40. The van der Waals surface area contributed by atoms with E-state index >= 15 is 0 Å². The highest BCUT2D eigenvalue weighted by Gasteiger charge is 2.35. The van der Waals surface area contributed by atoms with Gasteiger partial charge in [0.15, 0.2) is 0 Å². The number of hydrogen-bond acceptors (Lipinski definition) is 6. The molecule has 0 bridgehead atoms. The van der Waals surface area contributed by atoms with Gasteiger partial charge in [0.05, 0.1) is 6.04 Å². The number of rotatable bonds is 6. The summed E-state index contributed by atoms with van der Waals surface area (Å²) in [5, 5.41) is 10.0. The zero-order chi connectivity index (χ0) is 18.1. The second kappa shape index (κ2) is 7.19. The van der Waals surface area contributed by atoms with Crippen LogP contribution in [-0.2, 0) is 0 Å². The molecule has 2 aliphatic rings. The molecule has 1 aromatic carbocycles. The highest BCUT2D eigenvalue weighted by atomic mass is 79.9. The predicted molar refractivity (Wildman–Crippen MR) is 106 cm³/mol. The molecule has 4 rings (SSSR count). The van der Waals surface area contributed by atoms with Gasteiger partial charge in [0.25, 0.3) is 0 Å². The Kier molecular flexibility index (Phi) is 4.76.